The van der Waals surface area contributed by atoms with Gasteiger partial charge >= 0.3 is 0 Å². The molecule has 2 atom stereocenters. The quantitative estimate of drug-likeness (QED) is 0.868. The van der Waals surface area contributed by atoms with Crippen molar-refractivity contribution in [2.45, 2.75) is 42.7 Å². The first-order valence-electron chi connectivity index (χ1n) is 6.90. The summed E-state index contributed by atoms with van der Waals surface area (Å²) in [6.45, 7) is 0.705. The Hall–Kier alpha value is -1.18. The zero-order chi connectivity index (χ0) is 14.2. The molecule has 1 aliphatic carbocycles. The smallest absolute Gasteiger partial charge is 0.241 e. The zero-order valence-corrected chi connectivity index (χ0v) is 12.0. The molecule has 110 valence electrons. The van der Waals surface area contributed by atoms with Gasteiger partial charge in [0, 0.05) is 18.8 Å². The SMILES string of the molecule is NS(=O)(=O)c1cccnc1NC1CCOC(C2CC2)C1. The molecular formula is C13H19N3O3S. The van der Waals surface area contributed by atoms with Crippen molar-refractivity contribution in [3.05, 3.63) is 18.3 Å². The highest BCUT2D eigenvalue weighted by atomic mass is 32.2. The van der Waals surface area contributed by atoms with E-state index in [1.165, 1.54) is 18.9 Å². The van der Waals surface area contributed by atoms with Crippen LogP contribution in [0.1, 0.15) is 25.7 Å². The molecule has 7 heteroatoms. The molecule has 3 N–H and O–H groups in total. The maximum absolute atomic E-state index is 11.6. The minimum atomic E-state index is -3.76. The fraction of sp³-hybridized carbons (Fsp3) is 0.615. The first-order valence-corrected chi connectivity index (χ1v) is 8.44. The van der Waals surface area contributed by atoms with Crippen molar-refractivity contribution < 1.29 is 13.2 Å². The van der Waals surface area contributed by atoms with Crippen molar-refractivity contribution in [2.75, 3.05) is 11.9 Å². The third kappa shape index (κ3) is 3.11. The fourth-order valence-electron chi connectivity index (χ4n) is 2.68. The van der Waals surface area contributed by atoms with Gasteiger partial charge in [0.2, 0.25) is 10.0 Å². The van der Waals surface area contributed by atoms with Gasteiger partial charge in [-0.3, -0.25) is 0 Å². The van der Waals surface area contributed by atoms with E-state index in [0.717, 1.165) is 12.8 Å². The molecule has 0 radical (unpaired) electrons. The van der Waals surface area contributed by atoms with E-state index in [9.17, 15) is 8.42 Å². The number of primary sulfonamides is 1. The number of hydrogen-bond acceptors (Lipinski definition) is 5. The highest BCUT2D eigenvalue weighted by Crippen LogP contribution is 2.38. The second kappa shape index (κ2) is 5.31. The van der Waals surface area contributed by atoms with Gasteiger partial charge in [-0.05, 0) is 43.7 Å². The molecule has 6 nitrogen and oxygen atoms in total. The van der Waals surface area contributed by atoms with Crippen LogP contribution in [0.5, 0.6) is 0 Å². The van der Waals surface area contributed by atoms with Crippen LogP contribution >= 0.6 is 0 Å². The van der Waals surface area contributed by atoms with Crippen molar-refractivity contribution in [3.63, 3.8) is 0 Å². The molecule has 1 aromatic heterocycles. The van der Waals surface area contributed by atoms with Crippen molar-refractivity contribution in [1.29, 1.82) is 0 Å². The molecule has 0 aromatic carbocycles. The van der Waals surface area contributed by atoms with Crippen LogP contribution in [0.4, 0.5) is 5.82 Å². The third-order valence-corrected chi connectivity index (χ3v) is 4.82. The van der Waals surface area contributed by atoms with Crippen LogP contribution in [0.2, 0.25) is 0 Å². The van der Waals surface area contributed by atoms with E-state index in [4.69, 9.17) is 9.88 Å². The highest BCUT2D eigenvalue weighted by molar-refractivity contribution is 7.89. The molecule has 20 heavy (non-hydrogen) atoms. The Kier molecular flexibility index (Phi) is 3.66. The predicted octanol–water partition coefficient (Wildman–Crippen LogP) is 1.10. The highest BCUT2D eigenvalue weighted by Gasteiger charge is 2.36. The fourth-order valence-corrected chi connectivity index (χ4v) is 3.33. The Labute approximate surface area is 118 Å². The molecule has 1 saturated carbocycles. The molecule has 1 saturated heterocycles. The summed E-state index contributed by atoms with van der Waals surface area (Å²) in [6, 6.07) is 3.23. The number of sulfonamides is 1. The van der Waals surface area contributed by atoms with Gasteiger partial charge < -0.3 is 10.1 Å². The number of pyridine rings is 1. The van der Waals surface area contributed by atoms with Crippen LogP contribution in [-0.4, -0.2) is 32.2 Å². The first kappa shape index (κ1) is 13.8. The molecule has 0 spiro atoms. The average molecular weight is 297 g/mol. The number of nitrogens with zero attached hydrogens (tertiary/aromatic N) is 1. The normalized spacial score (nSPS) is 27.2. The van der Waals surface area contributed by atoms with Gasteiger partial charge in [-0.15, -0.1) is 0 Å². The lowest BCUT2D eigenvalue weighted by Crippen LogP contribution is -2.35. The van der Waals surface area contributed by atoms with Gasteiger partial charge in [0.05, 0.1) is 6.10 Å². The summed E-state index contributed by atoms with van der Waals surface area (Å²) in [7, 11) is -3.76. The summed E-state index contributed by atoms with van der Waals surface area (Å²) in [5, 5.41) is 8.43. The van der Waals surface area contributed by atoms with Gasteiger partial charge in [-0.1, -0.05) is 0 Å². The van der Waals surface area contributed by atoms with E-state index in [1.807, 2.05) is 0 Å². The van der Waals surface area contributed by atoms with E-state index >= 15 is 0 Å². The van der Waals surface area contributed by atoms with E-state index in [2.05, 4.69) is 10.3 Å². The van der Waals surface area contributed by atoms with Gasteiger partial charge in [-0.25, -0.2) is 18.5 Å². The van der Waals surface area contributed by atoms with Gasteiger partial charge in [0.15, 0.2) is 0 Å². The molecule has 2 fully saturated rings. The summed E-state index contributed by atoms with van der Waals surface area (Å²) in [5.41, 5.74) is 0. The Morgan fingerprint density at radius 3 is 2.85 bits per heavy atom. The summed E-state index contributed by atoms with van der Waals surface area (Å²) >= 11 is 0. The van der Waals surface area contributed by atoms with Crippen LogP contribution < -0.4 is 10.5 Å². The lowest BCUT2D eigenvalue weighted by Gasteiger charge is -2.30. The standard InChI is InChI=1S/C13H19N3O3S/c14-20(17,18)12-2-1-6-15-13(12)16-10-5-7-19-11(8-10)9-3-4-9/h1-2,6,9-11H,3-5,7-8H2,(H,15,16)(H2,14,17,18). The molecule has 0 bridgehead atoms. The van der Waals surface area contributed by atoms with Gasteiger partial charge in [-0.2, -0.15) is 0 Å². The summed E-state index contributed by atoms with van der Waals surface area (Å²) < 4.78 is 28.9. The maximum Gasteiger partial charge on any atom is 0.241 e. The second-order valence-corrected chi connectivity index (χ2v) is 7.04. The largest absolute Gasteiger partial charge is 0.378 e. The predicted molar refractivity (Wildman–Crippen MR) is 74.7 cm³/mol. The molecule has 2 heterocycles. The van der Waals surface area contributed by atoms with Gasteiger partial charge in [0.25, 0.3) is 0 Å². The lowest BCUT2D eigenvalue weighted by molar-refractivity contribution is -0.00226. The molecular weight excluding hydrogens is 278 g/mol. The summed E-state index contributed by atoms with van der Waals surface area (Å²) in [6.07, 6.45) is 6.08. The number of nitrogens with two attached hydrogens (primary N) is 1. The minimum Gasteiger partial charge on any atom is -0.378 e. The molecule has 1 aromatic rings. The van der Waals surface area contributed by atoms with Crippen molar-refractivity contribution in [2.24, 2.45) is 11.1 Å². The number of aromatic nitrogens is 1. The number of nitrogens with one attached hydrogen (secondary N) is 1. The third-order valence-electron chi connectivity index (χ3n) is 3.88. The Bertz CT molecular complexity index is 586. The molecule has 1 aliphatic heterocycles. The molecule has 2 unspecified atom stereocenters. The number of hydrogen-bond donors (Lipinski definition) is 2. The Morgan fingerprint density at radius 1 is 1.35 bits per heavy atom. The molecule has 3 rings (SSSR count). The average Bonchev–Trinajstić information content (AvgIpc) is 3.23. The van der Waals surface area contributed by atoms with E-state index in [-0.39, 0.29) is 10.9 Å². The van der Waals surface area contributed by atoms with Crippen LogP contribution in [-0.2, 0) is 14.8 Å². The number of ether oxygens (including phenoxy) is 1. The zero-order valence-electron chi connectivity index (χ0n) is 11.2. The molecule has 0 amide bonds. The maximum atomic E-state index is 11.6. The van der Waals surface area contributed by atoms with Crippen molar-refractivity contribution in [1.82, 2.24) is 4.98 Å². The van der Waals surface area contributed by atoms with E-state index in [0.29, 0.717) is 24.4 Å². The van der Waals surface area contributed by atoms with E-state index in [1.54, 1.807) is 12.3 Å². The first-order chi connectivity index (χ1) is 9.54. The summed E-state index contributed by atoms with van der Waals surface area (Å²) in [5.74, 6) is 1.03. The topological polar surface area (TPSA) is 94.3 Å². The molecule has 2 aliphatic rings. The van der Waals surface area contributed by atoms with Crippen molar-refractivity contribution in [3.8, 4) is 0 Å². The van der Waals surface area contributed by atoms with Gasteiger partial charge in [0.1, 0.15) is 10.7 Å². The Morgan fingerprint density at radius 2 is 2.15 bits per heavy atom. The Balaban J connectivity index is 1.74. The number of anilines is 1. The minimum absolute atomic E-state index is 0.0504. The second-order valence-electron chi connectivity index (χ2n) is 5.51. The van der Waals surface area contributed by atoms with Crippen LogP contribution in [0.25, 0.3) is 0 Å². The summed E-state index contributed by atoms with van der Waals surface area (Å²) in [4.78, 5) is 4.16. The monoisotopic (exact) mass is 297 g/mol. The van der Waals surface area contributed by atoms with Crippen LogP contribution in [0.3, 0.4) is 0 Å². The lowest BCUT2D eigenvalue weighted by atomic mass is 10.00. The number of rotatable bonds is 4. The van der Waals surface area contributed by atoms with E-state index < -0.39 is 10.0 Å². The van der Waals surface area contributed by atoms with Crippen molar-refractivity contribution >= 4 is 15.8 Å². The van der Waals surface area contributed by atoms with Crippen LogP contribution in [0, 0.1) is 5.92 Å². The van der Waals surface area contributed by atoms with Crippen LogP contribution in [0.15, 0.2) is 23.2 Å².